The molecule has 0 saturated carbocycles. The predicted octanol–water partition coefficient (Wildman–Crippen LogP) is -0.449. The Labute approximate surface area is 82.1 Å². The second-order valence-electron chi connectivity index (χ2n) is 2.25. The maximum atomic E-state index is 9.92. The molecule has 0 aromatic heterocycles. The highest BCUT2D eigenvalue weighted by Gasteiger charge is 1.96. The highest BCUT2D eigenvalue weighted by atomic mass is 16.2. The van der Waals surface area contributed by atoms with Gasteiger partial charge in [0, 0.05) is 25.7 Å². The molecule has 0 spiro atoms. The van der Waals surface area contributed by atoms with Gasteiger partial charge in [-0.05, 0) is 0 Å². The molecule has 0 aliphatic rings. The van der Waals surface area contributed by atoms with Crippen molar-refractivity contribution >= 4 is 11.8 Å². The molecule has 0 bridgehead atoms. The smallest absolute Gasteiger partial charge is 0.217 e. The van der Waals surface area contributed by atoms with Gasteiger partial charge < -0.3 is 11.5 Å². The zero-order valence-electron chi connectivity index (χ0n) is 7.69. The number of hydrogen-bond donors (Lipinski definition) is 2. The summed E-state index contributed by atoms with van der Waals surface area (Å²) in [6, 6.07) is 3.69. The van der Waals surface area contributed by atoms with Crippen LogP contribution in [0.25, 0.3) is 0 Å². The Bertz CT molecular complexity index is 233. The van der Waals surface area contributed by atoms with Crippen LogP contribution in [0.5, 0.6) is 0 Å². The topological polar surface area (TPSA) is 134 Å². The molecule has 6 heteroatoms. The Hall–Kier alpha value is -2.08. The van der Waals surface area contributed by atoms with Gasteiger partial charge >= 0.3 is 0 Å². The fourth-order valence-electron chi connectivity index (χ4n) is 0.358. The summed E-state index contributed by atoms with van der Waals surface area (Å²) in [5, 5.41) is 15.6. The molecule has 0 unspecified atom stereocenters. The number of amides is 2. The van der Waals surface area contributed by atoms with E-state index in [4.69, 9.17) is 22.0 Å². The quantitative estimate of drug-likeness (QED) is 0.589. The number of nitriles is 2. The van der Waals surface area contributed by atoms with Crippen molar-refractivity contribution < 1.29 is 9.59 Å². The van der Waals surface area contributed by atoms with Gasteiger partial charge in [-0.3, -0.25) is 9.59 Å². The molecular formula is C8H12N4O2. The second-order valence-corrected chi connectivity index (χ2v) is 2.25. The van der Waals surface area contributed by atoms with E-state index in [1.807, 2.05) is 12.1 Å². The molecule has 0 aromatic rings. The van der Waals surface area contributed by atoms with Gasteiger partial charge in [-0.1, -0.05) is 0 Å². The van der Waals surface area contributed by atoms with Crippen LogP contribution in [0.4, 0.5) is 0 Å². The molecule has 2 amide bonds. The first kappa shape index (κ1) is 14.4. The lowest BCUT2D eigenvalue weighted by Gasteiger charge is -1.87. The summed E-state index contributed by atoms with van der Waals surface area (Å²) in [6.45, 7) is 0. The SMILES string of the molecule is N#CCCC#N.NC(=O)CCC(N)=O. The molecule has 0 heterocycles. The minimum Gasteiger partial charge on any atom is -0.370 e. The molecule has 0 rings (SSSR count). The van der Waals surface area contributed by atoms with Crippen LogP contribution in [0.2, 0.25) is 0 Å². The van der Waals surface area contributed by atoms with Gasteiger partial charge in [0.15, 0.2) is 0 Å². The van der Waals surface area contributed by atoms with Crippen LogP contribution in [0.1, 0.15) is 25.7 Å². The Balaban J connectivity index is 0. The summed E-state index contributed by atoms with van der Waals surface area (Å²) in [7, 11) is 0. The van der Waals surface area contributed by atoms with E-state index in [1.165, 1.54) is 0 Å². The van der Waals surface area contributed by atoms with Crippen molar-refractivity contribution in [2.45, 2.75) is 25.7 Å². The molecule has 4 N–H and O–H groups in total. The minimum absolute atomic E-state index is 0.0509. The van der Waals surface area contributed by atoms with Crippen LogP contribution in [-0.2, 0) is 9.59 Å². The Morgan fingerprint density at radius 1 is 0.929 bits per heavy atom. The molecule has 0 aliphatic carbocycles. The number of carbonyl (C=O) groups is 2. The number of nitrogens with zero attached hydrogens (tertiary/aromatic N) is 2. The van der Waals surface area contributed by atoms with Crippen LogP contribution < -0.4 is 11.5 Å². The van der Waals surface area contributed by atoms with E-state index in [1.54, 1.807) is 0 Å². The van der Waals surface area contributed by atoms with E-state index in [9.17, 15) is 9.59 Å². The molecular weight excluding hydrogens is 184 g/mol. The van der Waals surface area contributed by atoms with Gasteiger partial charge in [-0.25, -0.2) is 0 Å². The molecule has 0 radical (unpaired) electrons. The van der Waals surface area contributed by atoms with Gasteiger partial charge in [-0.15, -0.1) is 0 Å². The van der Waals surface area contributed by atoms with Crippen LogP contribution >= 0.6 is 0 Å². The zero-order valence-corrected chi connectivity index (χ0v) is 7.69. The van der Waals surface area contributed by atoms with Crippen molar-refractivity contribution in [2.75, 3.05) is 0 Å². The minimum atomic E-state index is -0.496. The number of hydrogen-bond acceptors (Lipinski definition) is 4. The summed E-state index contributed by atoms with van der Waals surface area (Å²) in [5.41, 5.74) is 9.39. The van der Waals surface area contributed by atoms with Crippen molar-refractivity contribution in [1.29, 1.82) is 10.5 Å². The summed E-state index contributed by atoms with van der Waals surface area (Å²) in [6.07, 6.45) is 0.817. The Morgan fingerprint density at radius 2 is 1.21 bits per heavy atom. The van der Waals surface area contributed by atoms with Gasteiger partial charge in [0.25, 0.3) is 0 Å². The van der Waals surface area contributed by atoms with Crippen LogP contribution in [0.3, 0.4) is 0 Å². The highest BCUT2D eigenvalue weighted by Crippen LogP contribution is 1.82. The maximum Gasteiger partial charge on any atom is 0.217 e. The normalized spacial score (nSPS) is 7.29. The summed E-state index contributed by atoms with van der Waals surface area (Å²) in [4.78, 5) is 19.8. The maximum absolute atomic E-state index is 9.92. The van der Waals surface area contributed by atoms with Gasteiger partial charge in [0.1, 0.15) is 0 Å². The van der Waals surface area contributed by atoms with E-state index >= 15 is 0 Å². The monoisotopic (exact) mass is 196 g/mol. The molecule has 0 aliphatic heterocycles. The van der Waals surface area contributed by atoms with E-state index in [-0.39, 0.29) is 12.8 Å². The third-order valence-corrected chi connectivity index (χ3v) is 0.966. The second kappa shape index (κ2) is 10.9. The lowest BCUT2D eigenvalue weighted by atomic mass is 10.3. The van der Waals surface area contributed by atoms with Crippen molar-refractivity contribution in [3.63, 3.8) is 0 Å². The third-order valence-electron chi connectivity index (χ3n) is 0.966. The van der Waals surface area contributed by atoms with Crippen molar-refractivity contribution in [3.05, 3.63) is 0 Å². The van der Waals surface area contributed by atoms with E-state index in [0.29, 0.717) is 12.8 Å². The number of unbranched alkanes of at least 4 members (excludes halogenated alkanes) is 1. The zero-order chi connectivity index (χ0) is 11.4. The Morgan fingerprint density at radius 3 is 1.36 bits per heavy atom. The highest BCUT2D eigenvalue weighted by molar-refractivity contribution is 5.81. The van der Waals surface area contributed by atoms with E-state index < -0.39 is 11.8 Å². The average molecular weight is 196 g/mol. The summed E-state index contributed by atoms with van der Waals surface area (Å²) >= 11 is 0. The van der Waals surface area contributed by atoms with Gasteiger partial charge in [-0.2, -0.15) is 10.5 Å². The molecule has 14 heavy (non-hydrogen) atoms. The van der Waals surface area contributed by atoms with Crippen molar-refractivity contribution in [2.24, 2.45) is 11.5 Å². The van der Waals surface area contributed by atoms with E-state index in [0.717, 1.165) is 0 Å². The van der Waals surface area contributed by atoms with E-state index in [2.05, 4.69) is 0 Å². The molecule has 0 fully saturated rings. The standard InChI is InChI=1S/C4H8N2O2.C4H4N2/c5-3(7)1-2-4(6)8;5-3-1-2-4-6/h1-2H2,(H2,5,7)(H2,6,8);1-2H2. The molecule has 76 valence electrons. The van der Waals surface area contributed by atoms with Crippen molar-refractivity contribution in [1.82, 2.24) is 0 Å². The lowest BCUT2D eigenvalue weighted by molar-refractivity contribution is -0.123. The third kappa shape index (κ3) is 22.5. The lowest BCUT2D eigenvalue weighted by Crippen LogP contribution is -2.16. The molecule has 6 nitrogen and oxygen atoms in total. The number of carbonyl (C=O) groups excluding carboxylic acids is 2. The first-order valence-corrected chi connectivity index (χ1v) is 3.85. The van der Waals surface area contributed by atoms with Gasteiger partial charge in [0.05, 0.1) is 12.1 Å². The van der Waals surface area contributed by atoms with Crippen LogP contribution in [0, 0.1) is 22.7 Å². The fraction of sp³-hybridized carbons (Fsp3) is 0.500. The predicted molar refractivity (Wildman–Crippen MR) is 48.1 cm³/mol. The Kier molecular flexibility index (Phi) is 11.3. The van der Waals surface area contributed by atoms with Crippen molar-refractivity contribution in [3.8, 4) is 12.1 Å². The number of rotatable bonds is 4. The van der Waals surface area contributed by atoms with Crippen LogP contribution in [-0.4, -0.2) is 11.8 Å². The summed E-state index contributed by atoms with van der Waals surface area (Å²) < 4.78 is 0. The average Bonchev–Trinajstić information content (AvgIpc) is 2.12. The van der Waals surface area contributed by atoms with Gasteiger partial charge in [0.2, 0.25) is 11.8 Å². The first-order chi connectivity index (χ1) is 6.54. The molecule has 0 saturated heterocycles. The van der Waals surface area contributed by atoms with Crippen LogP contribution in [0.15, 0.2) is 0 Å². The fourth-order valence-corrected chi connectivity index (χ4v) is 0.358. The molecule has 0 aromatic carbocycles. The summed E-state index contributed by atoms with van der Waals surface area (Å²) in [5.74, 6) is -0.993. The number of nitrogens with two attached hydrogens (primary N) is 2. The first-order valence-electron chi connectivity index (χ1n) is 3.85. The largest absolute Gasteiger partial charge is 0.370 e. The molecule has 0 atom stereocenters. The number of primary amides is 2.